The Morgan fingerprint density at radius 2 is 0.651 bits per heavy atom. The summed E-state index contributed by atoms with van der Waals surface area (Å²) in [6, 6.07) is 88.3. The van der Waals surface area contributed by atoms with Crippen molar-refractivity contribution < 1.29 is 0 Å². The largest absolute Gasteiger partial charge is 0.311 e. The van der Waals surface area contributed by atoms with Crippen molar-refractivity contribution in [2.45, 2.75) is 19.3 Å². The molecule has 2 nitrogen and oxygen atoms in total. The van der Waals surface area contributed by atoms with E-state index in [9.17, 15) is 0 Å². The molecule has 1 heterocycles. The molecule has 0 unspecified atom stereocenters. The van der Waals surface area contributed by atoms with E-state index in [1.165, 1.54) is 77.8 Å². The summed E-state index contributed by atoms with van der Waals surface area (Å²) in [6.07, 6.45) is 0. The first-order valence-electron chi connectivity index (χ1n) is 21.8. The van der Waals surface area contributed by atoms with Gasteiger partial charge in [0.1, 0.15) is 0 Å². The number of hydrogen-bond acceptors (Lipinski definition) is 2. The Balaban J connectivity index is 0.974. The molecule has 10 aromatic rings. The molecule has 0 saturated heterocycles. The molecule has 0 atom stereocenters. The molecule has 300 valence electrons. The predicted octanol–water partition coefficient (Wildman–Crippen LogP) is 17.1. The molecule has 1 aliphatic rings. The van der Waals surface area contributed by atoms with Crippen LogP contribution >= 0.6 is 0 Å². The van der Waals surface area contributed by atoms with Crippen molar-refractivity contribution in [3.8, 4) is 44.5 Å². The smallest absolute Gasteiger partial charge is 0.0503 e. The van der Waals surface area contributed by atoms with E-state index < -0.39 is 0 Å². The van der Waals surface area contributed by atoms with Crippen molar-refractivity contribution in [2.24, 2.45) is 0 Å². The fraction of sp³-hybridized carbons (Fsp3) is 0.0492. The third kappa shape index (κ3) is 7.06. The van der Waals surface area contributed by atoms with Gasteiger partial charge < -0.3 is 9.80 Å². The molecular formula is C61H46N2. The Morgan fingerprint density at radius 3 is 1.14 bits per heavy atom. The number of para-hydroxylation sites is 1. The number of hydrogen-bond donors (Lipinski definition) is 0. The number of nitrogens with zero attached hydrogens (tertiary/aromatic N) is 2. The summed E-state index contributed by atoms with van der Waals surface area (Å²) in [5, 5.41) is 2.51. The Kier molecular flexibility index (Phi) is 9.55. The van der Waals surface area contributed by atoms with E-state index in [0.29, 0.717) is 0 Å². The molecule has 0 spiro atoms. The van der Waals surface area contributed by atoms with Crippen molar-refractivity contribution >= 4 is 44.9 Å². The molecule has 0 N–H and O–H groups in total. The highest BCUT2D eigenvalue weighted by molar-refractivity contribution is 5.91. The van der Waals surface area contributed by atoms with Gasteiger partial charge in [0.25, 0.3) is 0 Å². The van der Waals surface area contributed by atoms with Gasteiger partial charge in [-0.3, -0.25) is 0 Å². The highest BCUT2D eigenvalue weighted by atomic mass is 15.2. The molecule has 1 aliphatic heterocycles. The summed E-state index contributed by atoms with van der Waals surface area (Å²) in [5.41, 5.74) is 18.9. The Morgan fingerprint density at radius 1 is 0.302 bits per heavy atom. The average molecular weight is 807 g/mol. The molecule has 63 heavy (non-hydrogen) atoms. The number of rotatable bonds is 8. The topological polar surface area (TPSA) is 6.48 Å². The Bertz CT molecular complexity index is 3130. The van der Waals surface area contributed by atoms with Crippen LogP contribution in [0.25, 0.3) is 55.3 Å². The van der Waals surface area contributed by atoms with Crippen LogP contribution in [-0.2, 0) is 5.41 Å². The van der Waals surface area contributed by atoms with E-state index in [-0.39, 0.29) is 5.41 Å². The summed E-state index contributed by atoms with van der Waals surface area (Å²) in [7, 11) is 0. The van der Waals surface area contributed by atoms with Gasteiger partial charge in [-0.2, -0.15) is 0 Å². The second-order valence-electron chi connectivity index (χ2n) is 17.0. The van der Waals surface area contributed by atoms with E-state index in [0.717, 1.165) is 22.7 Å². The SMILES string of the molecule is CC1(C)c2cc(-c3ccc(N(c4ccc(-c5ccccc5)cc4)c4ccc(-c5ccccc5)cc4)cc3)ccc2N(c2ccccc2)c2ccc(-c3ccc4ccccc4c3)cc21. The highest BCUT2D eigenvalue weighted by Gasteiger charge is 2.37. The molecule has 0 radical (unpaired) electrons. The molecule has 0 bridgehead atoms. The molecule has 0 amide bonds. The fourth-order valence-corrected chi connectivity index (χ4v) is 9.44. The lowest BCUT2D eigenvalue weighted by Crippen LogP contribution is -2.30. The van der Waals surface area contributed by atoms with Crippen molar-refractivity contribution in [3.63, 3.8) is 0 Å². The van der Waals surface area contributed by atoms with E-state index >= 15 is 0 Å². The van der Waals surface area contributed by atoms with Crippen molar-refractivity contribution in [1.29, 1.82) is 0 Å². The van der Waals surface area contributed by atoms with Crippen LogP contribution in [0, 0.1) is 0 Å². The first-order valence-corrected chi connectivity index (χ1v) is 21.8. The van der Waals surface area contributed by atoms with E-state index in [1.54, 1.807) is 0 Å². The minimum atomic E-state index is -0.270. The second-order valence-corrected chi connectivity index (χ2v) is 17.0. The molecule has 2 heteroatoms. The van der Waals surface area contributed by atoms with Crippen molar-refractivity contribution in [3.05, 3.63) is 254 Å². The fourth-order valence-electron chi connectivity index (χ4n) is 9.44. The monoisotopic (exact) mass is 806 g/mol. The van der Waals surface area contributed by atoms with Crippen LogP contribution in [0.4, 0.5) is 34.1 Å². The van der Waals surface area contributed by atoms with Crippen molar-refractivity contribution in [1.82, 2.24) is 0 Å². The van der Waals surface area contributed by atoms with Gasteiger partial charge in [0.2, 0.25) is 0 Å². The predicted molar refractivity (Wildman–Crippen MR) is 267 cm³/mol. The molecule has 0 fully saturated rings. The van der Waals surface area contributed by atoms with Crippen LogP contribution in [0.15, 0.2) is 243 Å². The van der Waals surface area contributed by atoms with E-state index in [1.807, 2.05) is 0 Å². The minimum Gasteiger partial charge on any atom is -0.311 e. The van der Waals surface area contributed by atoms with Crippen molar-refractivity contribution in [2.75, 3.05) is 9.80 Å². The summed E-state index contributed by atoms with van der Waals surface area (Å²) in [4.78, 5) is 4.79. The Labute approximate surface area is 370 Å². The maximum absolute atomic E-state index is 2.44. The summed E-state index contributed by atoms with van der Waals surface area (Å²) < 4.78 is 0. The molecule has 0 aliphatic carbocycles. The molecule has 0 aromatic heterocycles. The normalized spacial score (nSPS) is 12.7. The lowest BCUT2D eigenvalue weighted by atomic mass is 9.72. The zero-order valence-electron chi connectivity index (χ0n) is 35.5. The lowest BCUT2D eigenvalue weighted by Gasteiger charge is -2.42. The van der Waals surface area contributed by atoms with Gasteiger partial charge >= 0.3 is 0 Å². The maximum atomic E-state index is 2.44. The van der Waals surface area contributed by atoms with Gasteiger partial charge in [0.05, 0.1) is 11.4 Å². The molecule has 0 saturated carbocycles. The highest BCUT2D eigenvalue weighted by Crippen LogP contribution is 2.53. The van der Waals surface area contributed by atoms with Gasteiger partial charge in [0, 0.05) is 28.2 Å². The van der Waals surface area contributed by atoms with Crippen LogP contribution in [0.2, 0.25) is 0 Å². The Hall–Kier alpha value is -7.94. The van der Waals surface area contributed by atoms with Gasteiger partial charge in [-0.25, -0.2) is 0 Å². The van der Waals surface area contributed by atoms with Gasteiger partial charge in [-0.05, 0) is 145 Å². The molecule has 10 aromatic carbocycles. The van der Waals surface area contributed by atoms with Crippen LogP contribution < -0.4 is 9.80 Å². The van der Waals surface area contributed by atoms with Gasteiger partial charge in [0.15, 0.2) is 0 Å². The lowest BCUT2D eigenvalue weighted by molar-refractivity contribution is 0.632. The zero-order chi connectivity index (χ0) is 42.3. The van der Waals surface area contributed by atoms with Crippen LogP contribution in [0.5, 0.6) is 0 Å². The zero-order valence-corrected chi connectivity index (χ0v) is 35.5. The standard InChI is InChI=1S/C61H46N2/c1-61(2)57-41-51(30-38-59(57)63(53-20-10-5-11-21-53)60-39-31-52(42-58(60)61)50-23-22-45-18-12-13-19-49(45)40-50)48-28-36-56(37-29-48)62(54-32-24-46(25-33-54)43-14-6-3-7-15-43)55-34-26-47(27-35-55)44-16-8-4-9-17-44/h3-42H,1-2H3. The number of anilines is 6. The molecule has 11 rings (SSSR count). The number of fused-ring (bicyclic) bond motifs is 3. The quantitative estimate of drug-likeness (QED) is 0.151. The average Bonchev–Trinajstić information content (AvgIpc) is 3.35. The number of benzene rings is 10. The van der Waals surface area contributed by atoms with Crippen LogP contribution in [-0.4, -0.2) is 0 Å². The van der Waals surface area contributed by atoms with Crippen LogP contribution in [0.3, 0.4) is 0 Å². The first kappa shape index (κ1) is 38.0. The summed E-state index contributed by atoms with van der Waals surface area (Å²) in [5.74, 6) is 0. The van der Waals surface area contributed by atoms with E-state index in [4.69, 9.17) is 0 Å². The van der Waals surface area contributed by atoms with E-state index in [2.05, 4.69) is 266 Å². The second kappa shape index (κ2) is 15.8. The maximum Gasteiger partial charge on any atom is 0.0503 e. The first-order chi connectivity index (χ1) is 31.0. The third-order valence-corrected chi connectivity index (χ3v) is 12.8. The van der Waals surface area contributed by atoms with Gasteiger partial charge in [-0.1, -0.05) is 178 Å². The van der Waals surface area contributed by atoms with Crippen LogP contribution in [0.1, 0.15) is 25.0 Å². The summed E-state index contributed by atoms with van der Waals surface area (Å²) in [6.45, 7) is 4.77. The minimum absolute atomic E-state index is 0.270. The summed E-state index contributed by atoms with van der Waals surface area (Å²) >= 11 is 0. The van der Waals surface area contributed by atoms with Gasteiger partial charge in [-0.15, -0.1) is 0 Å². The molecular weight excluding hydrogens is 761 g/mol. The third-order valence-electron chi connectivity index (χ3n) is 12.8.